The number of amidine groups is 1. The molecule has 1 saturated heterocycles. The molecule has 1 aliphatic heterocycles. The summed E-state index contributed by atoms with van der Waals surface area (Å²) in [4.78, 5) is 4.94. The molecule has 19 heavy (non-hydrogen) atoms. The zero-order chi connectivity index (χ0) is 13.9. The van der Waals surface area contributed by atoms with Crippen LogP contribution in [-0.4, -0.2) is 23.5 Å². The minimum Gasteiger partial charge on any atom is -0.362 e. The van der Waals surface area contributed by atoms with E-state index in [-0.39, 0.29) is 0 Å². The highest BCUT2D eigenvalue weighted by Crippen LogP contribution is 2.41. The topological polar surface area (TPSA) is 24.4 Å². The Bertz CT molecular complexity index is 324. The SMILES string of the molecule is CCC1(CN=C2NC(C(C)(C)C)CCS2)CCCC1. The lowest BCUT2D eigenvalue weighted by Gasteiger charge is -2.36. The van der Waals surface area contributed by atoms with Crippen LogP contribution in [0.2, 0.25) is 0 Å². The Morgan fingerprint density at radius 1 is 1.32 bits per heavy atom. The highest BCUT2D eigenvalue weighted by molar-refractivity contribution is 8.13. The maximum absolute atomic E-state index is 4.94. The van der Waals surface area contributed by atoms with Crippen molar-refractivity contribution in [3.8, 4) is 0 Å². The molecule has 0 aromatic heterocycles. The van der Waals surface area contributed by atoms with E-state index < -0.39 is 0 Å². The predicted octanol–water partition coefficient (Wildman–Crippen LogP) is 4.45. The van der Waals surface area contributed by atoms with Gasteiger partial charge in [0, 0.05) is 18.3 Å². The average Bonchev–Trinajstić information content (AvgIpc) is 2.85. The van der Waals surface area contributed by atoms with E-state index in [4.69, 9.17) is 4.99 Å². The van der Waals surface area contributed by atoms with E-state index in [1.165, 1.54) is 49.4 Å². The fraction of sp³-hybridized carbons (Fsp3) is 0.938. The van der Waals surface area contributed by atoms with Gasteiger partial charge in [-0.1, -0.05) is 52.3 Å². The summed E-state index contributed by atoms with van der Waals surface area (Å²) < 4.78 is 0. The lowest BCUT2D eigenvalue weighted by Crippen LogP contribution is -2.46. The molecule has 1 atom stereocenters. The molecule has 1 unspecified atom stereocenters. The molecular formula is C16H30N2S. The quantitative estimate of drug-likeness (QED) is 0.827. The molecule has 2 rings (SSSR count). The second kappa shape index (κ2) is 6.07. The molecule has 0 spiro atoms. The number of rotatable bonds is 3. The summed E-state index contributed by atoms with van der Waals surface area (Å²) in [6.07, 6.45) is 8.12. The Morgan fingerprint density at radius 3 is 2.58 bits per heavy atom. The van der Waals surface area contributed by atoms with Gasteiger partial charge in [0.05, 0.1) is 0 Å². The summed E-state index contributed by atoms with van der Waals surface area (Å²) in [5, 5.41) is 4.87. The molecule has 0 aromatic rings. The van der Waals surface area contributed by atoms with Crippen molar-refractivity contribution in [1.29, 1.82) is 0 Å². The molecule has 1 aliphatic carbocycles. The van der Waals surface area contributed by atoms with Crippen molar-refractivity contribution < 1.29 is 0 Å². The molecule has 0 amide bonds. The Labute approximate surface area is 123 Å². The smallest absolute Gasteiger partial charge is 0.156 e. The van der Waals surface area contributed by atoms with E-state index >= 15 is 0 Å². The van der Waals surface area contributed by atoms with E-state index in [9.17, 15) is 0 Å². The normalized spacial score (nSPS) is 29.5. The van der Waals surface area contributed by atoms with Crippen molar-refractivity contribution in [3.63, 3.8) is 0 Å². The van der Waals surface area contributed by atoms with E-state index in [1.807, 2.05) is 11.8 Å². The summed E-state index contributed by atoms with van der Waals surface area (Å²) in [7, 11) is 0. The van der Waals surface area contributed by atoms with E-state index in [2.05, 4.69) is 33.0 Å². The molecule has 1 saturated carbocycles. The summed E-state index contributed by atoms with van der Waals surface area (Å²) in [6, 6.07) is 0.577. The molecular weight excluding hydrogens is 252 g/mol. The Balaban J connectivity index is 1.95. The fourth-order valence-corrected chi connectivity index (χ4v) is 4.19. The third-order valence-electron chi connectivity index (χ3n) is 4.96. The first-order valence-electron chi connectivity index (χ1n) is 7.89. The van der Waals surface area contributed by atoms with Gasteiger partial charge in [-0.05, 0) is 36.5 Å². The lowest BCUT2D eigenvalue weighted by atomic mass is 9.83. The number of hydrogen-bond acceptors (Lipinski definition) is 2. The number of nitrogens with zero attached hydrogens (tertiary/aromatic N) is 1. The van der Waals surface area contributed by atoms with Gasteiger partial charge in [-0.2, -0.15) is 0 Å². The summed E-state index contributed by atoms with van der Waals surface area (Å²) in [5.74, 6) is 1.22. The van der Waals surface area contributed by atoms with Gasteiger partial charge in [-0.3, -0.25) is 4.99 Å². The molecule has 0 aromatic carbocycles. The third-order valence-corrected chi connectivity index (χ3v) is 5.92. The molecule has 2 fully saturated rings. The summed E-state index contributed by atoms with van der Waals surface area (Å²) >= 11 is 1.91. The van der Waals surface area contributed by atoms with Crippen LogP contribution in [0.15, 0.2) is 4.99 Å². The zero-order valence-electron chi connectivity index (χ0n) is 13.1. The van der Waals surface area contributed by atoms with Crippen molar-refractivity contribution in [1.82, 2.24) is 5.32 Å². The molecule has 0 radical (unpaired) electrons. The largest absolute Gasteiger partial charge is 0.362 e. The molecule has 0 bridgehead atoms. The molecule has 3 heteroatoms. The van der Waals surface area contributed by atoms with Gasteiger partial charge in [0.25, 0.3) is 0 Å². The van der Waals surface area contributed by atoms with E-state index in [1.54, 1.807) is 0 Å². The first-order valence-corrected chi connectivity index (χ1v) is 8.88. The van der Waals surface area contributed by atoms with Crippen molar-refractivity contribution in [2.24, 2.45) is 15.8 Å². The third kappa shape index (κ3) is 3.90. The minimum atomic E-state index is 0.331. The molecule has 1 heterocycles. The van der Waals surface area contributed by atoms with E-state index in [0.29, 0.717) is 16.9 Å². The van der Waals surface area contributed by atoms with Crippen LogP contribution in [0.25, 0.3) is 0 Å². The molecule has 2 aliphatic rings. The second-order valence-corrected chi connectivity index (χ2v) is 8.47. The fourth-order valence-electron chi connectivity index (χ4n) is 3.27. The minimum absolute atomic E-state index is 0.331. The highest BCUT2D eigenvalue weighted by atomic mass is 32.2. The number of aliphatic imine (C=N–C) groups is 1. The Morgan fingerprint density at radius 2 is 2.00 bits per heavy atom. The number of thioether (sulfide) groups is 1. The number of nitrogens with one attached hydrogen (secondary N) is 1. The summed E-state index contributed by atoms with van der Waals surface area (Å²) in [6.45, 7) is 10.3. The molecule has 110 valence electrons. The van der Waals surface area contributed by atoms with Gasteiger partial charge < -0.3 is 5.32 Å². The van der Waals surface area contributed by atoms with Crippen LogP contribution in [0.5, 0.6) is 0 Å². The van der Waals surface area contributed by atoms with Crippen LogP contribution < -0.4 is 5.32 Å². The van der Waals surface area contributed by atoms with Gasteiger partial charge in [-0.25, -0.2) is 0 Å². The first kappa shape index (κ1) is 15.2. The maximum Gasteiger partial charge on any atom is 0.156 e. The Kier molecular flexibility index (Phi) is 4.86. The predicted molar refractivity (Wildman–Crippen MR) is 86.9 cm³/mol. The average molecular weight is 282 g/mol. The van der Waals surface area contributed by atoms with Crippen LogP contribution in [0.4, 0.5) is 0 Å². The first-order chi connectivity index (χ1) is 8.95. The van der Waals surface area contributed by atoms with Crippen molar-refractivity contribution >= 4 is 16.9 Å². The summed E-state index contributed by atoms with van der Waals surface area (Å²) in [5.41, 5.74) is 0.849. The number of hydrogen-bond donors (Lipinski definition) is 1. The molecule has 1 N–H and O–H groups in total. The van der Waals surface area contributed by atoms with Crippen molar-refractivity contribution in [2.75, 3.05) is 12.3 Å². The van der Waals surface area contributed by atoms with Gasteiger partial charge in [0.1, 0.15) is 0 Å². The van der Waals surface area contributed by atoms with Crippen LogP contribution in [0.3, 0.4) is 0 Å². The van der Waals surface area contributed by atoms with Crippen LogP contribution in [0.1, 0.15) is 66.2 Å². The lowest BCUT2D eigenvalue weighted by molar-refractivity contribution is 0.285. The monoisotopic (exact) mass is 282 g/mol. The van der Waals surface area contributed by atoms with Gasteiger partial charge in [0.2, 0.25) is 0 Å². The van der Waals surface area contributed by atoms with Crippen molar-refractivity contribution in [3.05, 3.63) is 0 Å². The van der Waals surface area contributed by atoms with E-state index in [0.717, 1.165) is 6.54 Å². The highest BCUT2D eigenvalue weighted by Gasteiger charge is 2.33. The zero-order valence-corrected chi connectivity index (χ0v) is 13.9. The van der Waals surface area contributed by atoms with Gasteiger partial charge >= 0.3 is 0 Å². The van der Waals surface area contributed by atoms with Gasteiger partial charge in [-0.15, -0.1) is 0 Å². The Hall–Kier alpha value is -0.180. The standard InChI is InChI=1S/C16H30N2S/c1-5-16(9-6-7-10-16)12-17-14-18-13(8-11-19-14)15(2,3)4/h13H,5-12H2,1-4H3,(H,17,18). The maximum atomic E-state index is 4.94. The van der Waals surface area contributed by atoms with Crippen LogP contribution in [-0.2, 0) is 0 Å². The van der Waals surface area contributed by atoms with Crippen molar-refractivity contribution in [2.45, 2.75) is 72.3 Å². The van der Waals surface area contributed by atoms with Gasteiger partial charge in [0.15, 0.2) is 5.17 Å². The molecule has 2 nitrogen and oxygen atoms in total. The van der Waals surface area contributed by atoms with Crippen LogP contribution >= 0.6 is 11.8 Å². The van der Waals surface area contributed by atoms with Crippen LogP contribution in [0, 0.1) is 10.8 Å². The second-order valence-electron chi connectivity index (χ2n) is 7.38.